The van der Waals surface area contributed by atoms with Crippen LogP contribution in [0.4, 0.5) is 0 Å². The van der Waals surface area contributed by atoms with Gasteiger partial charge in [0.1, 0.15) is 11.9 Å². The Hall–Kier alpha value is -2.82. The van der Waals surface area contributed by atoms with Crippen LogP contribution >= 0.6 is 0 Å². The zero-order valence-electron chi connectivity index (χ0n) is 13.9. The molecule has 1 amide bonds. The van der Waals surface area contributed by atoms with Crippen LogP contribution in [-0.2, 0) is 11.2 Å². The van der Waals surface area contributed by atoms with Gasteiger partial charge in [0.05, 0.1) is 12.0 Å². The number of carboxylic acid groups (broad SMARTS) is 1. The molecule has 3 rings (SSSR count). The highest BCUT2D eigenvalue weighted by Gasteiger charge is 2.24. The van der Waals surface area contributed by atoms with E-state index < -0.39 is 5.97 Å². The number of hydrogen-bond acceptors (Lipinski definition) is 3. The summed E-state index contributed by atoms with van der Waals surface area (Å²) < 4.78 is 5.94. The minimum atomic E-state index is -0.979. The molecule has 0 atom stereocenters. The van der Waals surface area contributed by atoms with Crippen molar-refractivity contribution in [3.05, 3.63) is 65.7 Å². The lowest BCUT2D eigenvalue weighted by Gasteiger charge is -2.32. The smallest absolute Gasteiger partial charge is 0.335 e. The van der Waals surface area contributed by atoms with Gasteiger partial charge in [-0.2, -0.15) is 0 Å². The minimum Gasteiger partial charge on any atom is -0.490 e. The van der Waals surface area contributed by atoms with Crippen LogP contribution in [0, 0.1) is 0 Å². The summed E-state index contributed by atoms with van der Waals surface area (Å²) in [5.41, 5.74) is 0.938. The van der Waals surface area contributed by atoms with Gasteiger partial charge in [-0.15, -0.1) is 0 Å². The van der Waals surface area contributed by atoms with Crippen LogP contribution in [-0.4, -0.2) is 41.1 Å². The summed E-state index contributed by atoms with van der Waals surface area (Å²) in [4.78, 5) is 25.3. The minimum absolute atomic E-state index is 0.0284. The first-order valence-corrected chi connectivity index (χ1v) is 8.43. The third-order valence-corrected chi connectivity index (χ3v) is 4.37. The quantitative estimate of drug-likeness (QED) is 0.909. The number of nitrogens with zero attached hydrogens (tertiary/aromatic N) is 1. The predicted molar refractivity (Wildman–Crippen MR) is 93.8 cm³/mol. The number of rotatable bonds is 5. The normalized spacial score (nSPS) is 15.0. The van der Waals surface area contributed by atoms with Gasteiger partial charge in [0.15, 0.2) is 0 Å². The number of aromatic carboxylic acids is 1. The van der Waals surface area contributed by atoms with E-state index in [2.05, 4.69) is 0 Å². The average molecular weight is 339 g/mol. The van der Waals surface area contributed by atoms with Crippen LogP contribution in [0.1, 0.15) is 28.8 Å². The Balaban J connectivity index is 1.51. The number of amides is 1. The highest BCUT2D eigenvalue weighted by Crippen LogP contribution is 2.19. The van der Waals surface area contributed by atoms with E-state index in [1.165, 1.54) is 6.07 Å². The number of likely N-dealkylation sites (tertiary alicyclic amines) is 1. The van der Waals surface area contributed by atoms with E-state index in [1.807, 2.05) is 35.2 Å². The number of ether oxygens (including phenoxy) is 1. The largest absolute Gasteiger partial charge is 0.490 e. The fourth-order valence-corrected chi connectivity index (χ4v) is 3.02. The Morgan fingerprint density at radius 3 is 2.44 bits per heavy atom. The van der Waals surface area contributed by atoms with E-state index in [1.54, 1.807) is 18.2 Å². The average Bonchev–Trinajstić information content (AvgIpc) is 2.63. The Morgan fingerprint density at radius 1 is 1.04 bits per heavy atom. The van der Waals surface area contributed by atoms with Crippen LogP contribution in [0.2, 0.25) is 0 Å². The Bertz CT molecular complexity index is 736. The van der Waals surface area contributed by atoms with Crippen LogP contribution < -0.4 is 4.74 Å². The molecule has 1 N–H and O–H groups in total. The molecule has 25 heavy (non-hydrogen) atoms. The molecule has 0 aromatic heterocycles. The third-order valence-electron chi connectivity index (χ3n) is 4.37. The van der Waals surface area contributed by atoms with E-state index in [-0.39, 0.29) is 24.0 Å². The Morgan fingerprint density at radius 2 is 1.76 bits per heavy atom. The van der Waals surface area contributed by atoms with Crippen LogP contribution in [0.15, 0.2) is 54.6 Å². The number of hydrogen-bond donors (Lipinski definition) is 1. The van der Waals surface area contributed by atoms with Crippen LogP contribution in [0.3, 0.4) is 0 Å². The standard InChI is InChI=1S/C20H21NO4/c22-19(14-15-5-4-6-16(13-15)20(23)24)21-11-9-18(10-12-21)25-17-7-2-1-3-8-17/h1-8,13,18H,9-12,14H2,(H,23,24). The van der Waals surface area contributed by atoms with Crippen molar-refractivity contribution in [3.8, 4) is 5.75 Å². The molecule has 5 heteroatoms. The first-order chi connectivity index (χ1) is 12.1. The van der Waals surface area contributed by atoms with Crippen molar-refractivity contribution in [2.75, 3.05) is 13.1 Å². The number of benzene rings is 2. The first-order valence-electron chi connectivity index (χ1n) is 8.43. The van der Waals surface area contributed by atoms with Crippen molar-refractivity contribution < 1.29 is 19.4 Å². The van der Waals surface area contributed by atoms with Crippen molar-refractivity contribution in [1.29, 1.82) is 0 Å². The lowest BCUT2D eigenvalue weighted by Crippen LogP contribution is -2.42. The maximum atomic E-state index is 12.5. The maximum absolute atomic E-state index is 12.5. The summed E-state index contributed by atoms with van der Waals surface area (Å²) in [6, 6.07) is 16.3. The van der Waals surface area contributed by atoms with E-state index >= 15 is 0 Å². The molecule has 0 aliphatic carbocycles. The molecule has 2 aromatic carbocycles. The first kappa shape index (κ1) is 17.0. The molecule has 0 unspecified atom stereocenters. The Labute approximate surface area is 146 Å². The second-order valence-corrected chi connectivity index (χ2v) is 6.19. The molecule has 1 aliphatic heterocycles. The number of piperidine rings is 1. The zero-order chi connectivity index (χ0) is 17.6. The second kappa shape index (κ2) is 7.83. The number of carboxylic acids is 1. The van der Waals surface area contributed by atoms with E-state index in [4.69, 9.17) is 9.84 Å². The molecule has 1 saturated heterocycles. The summed E-state index contributed by atoms with van der Waals surface area (Å²) in [5.74, 6) is -0.0911. The second-order valence-electron chi connectivity index (χ2n) is 6.19. The zero-order valence-corrected chi connectivity index (χ0v) is 13.9. The molecule has 1 aliphatic rings. The van der Waals surface area contributed by atoms with Crippen molar-refractivity contribution in [2.24, 2.45) is 0 Å². The van der Waals surface area contributed by atoms with Crippen molar-refractivity contribution in [1.82, 2.24) is 4.90 Å². The van der Waals surface area contributed by atoms with Crippen LogP contribution in [0.5, 0.6) is 5.75 Å². The molecule has 2 aromatic rings. The topological polar surface area (TPSA) is 66.8 Å². The van der Waals surface area contributed by atoms with E-state index in [0.29, 0.717) is 13.1 Å². The number of para-hydroxylation sites is 1. The summed E-state index contributed by atoms with van der Waals surface area (Å²) >= 11 is 0. The van der Waals surface area contributed by atoms with Gasteiger partial charge in [0.25, 0.3) is 0 Å². The molecule has 0 bridgehead atoms. The summed E-state index contributed by atoms with van der Waals surface area (Å²) in [6.07, 6.45) is 1.96. The molecular weight excluding hydrogens is 318 g/mol. The van der Waals surface area contributed by atoms with Crippen molar-refractivity contribution >= 4 is 11.9 Å². The van der Waals surface area contributed by atoms with Gasteiger partial charge in [0.2, 0.25) is 5.91 Å². The van der Waals surface area contributed by atoms with E-state index in [0.717, 1.165) is 24.2 Å². The molecule has 5 nitrogen and oxygen atoms in total. The molecule has 130 valence electrons. The lowest BCUT2D eigenvalue weighted by molar-refractivity contribution is -0.132. The molecular formula is C20H21NO4. The van der Waals surface area contributed by atoms with Gasteiger partial charge in [0, 0.05) is 25.9 Å². The van der Waals surface area contributed by atoms with Gasteiger partial charge >= 0.3 is 5.97 Å². The lowest BCUT2D eigenvalue weighted by atomic mass is 10.0. The van der Waals surface area contributed by atoms with Crippen molar-refractivity contribution in [2.45, 2.75) is 25.4 Å². The highest BCUT2D eigenvalue weighted by molar-refractivity contribution is 5.88. The molecule has 1 heterocycles. The third kappa shape index (κ3) is 4.59. The number of carbonyl (C=O) groups excluding carboxylic acids is 1. The molecule has 1 fully saturated rings. The predicted octanol–water partition coefficient (Wildman–Crippen LogP) is 3.00. The molecule has 0 saturated carbocycles. The SMILES string of the molecule is O=C(O)c1cccc(CC(=O)N2CCC(Oc3ccccc3)CC2)c1. The summed E-state index contributed by atoms with van der Waals surface area (Å²) in [5, 5.41) is 9.03. The van der Waals surface area contributed by atoms with Gasteiger partial charge < -0.3 is 14.7 Å². The van der Waals surface area contributed by atoms with Gasteiger partial charge in [-0.3, -0.25) is 4.79 Å². The molecule has 0 radical (unpaired) electrons. The monoisotopic (exact) mass is 339 g/mol. The fraction of sp³-hybridized carbons (Fsp3) is 0.300. The van der Waals surface area contributed by atoms with E-state index in [9.17, 15) is 9.59 Å². The summed E-state index contributed by atoms with van der Waals surface area (Å²) in [7, 11) is 0. The highest BCUT2D eigenvalue weighted by atomic mass is 16.5. The fourth-order valence-electron chi connectivity index (χ4n) is 3.02. The van der Waals surface area contributed by atoms with Gasteiger partial charge in [-0.05, 0) is 29.8 Å². The number of carbonyl (C=O) groups is 2. The Kier molecular flexibility index (Phi) is 5.33. The molecule has 0 spiro atoms. The van der Waals surface area contributed by atoms with Gasteiger partial charge in [-0.25, -0.2) is 4.79 Å². The van der Waals surface area contributed by atoms with Crippen molar-refractivity contribution in [3.63, 3.8) is 0 Å². The maximum Gasteiger partial charge on any atom is 0.335 e. The van der Waals surface area contributed by atoms with Gasteiger partial charge in [-0.1, -0.05) is 30.3 Å². The van der Waals surface area contributed by atoms with Crippen LogP contribution in [0.25, 0.3) is 0 Å². The summed E-state index contributed by atoms with van der Waals surface area (Å²) in [6.45, 7) is 1.32.